The van der Waals surface area contributed by atoms with E-state index in [0.717, 1.165) is 11.1 Å². The third-order valence-electron chi connectivity index (χ3n) is 4.39. The molecule has 1 amide bonds. The highest BCUT2D eigenvalue weighted by Crippen LogP contribution is 2.28. The van der Waals surface area contributed by atoms with Crippen molar-refractivity contribution >= 4 is 11.7 Å². The first-order valence-electron chi connectivity index (χ1n) is 9.49. The monoisotopic (exact) mass is 411 g/mol. The Morgan fingerprint density at radius 1 is 1.07 bits per heavy atom. The summed E-state index contributed by atoms with van der Waals surface area (Å²) in [5.41, 5.74) is 8.81. The number of carbonyl (C=O) groups is 1. The number of amides is 1. The van der Waals surface area contributed by atoms with Crippen molar-refractivity contribution in [1.29, 1.82) is 0 Å². The van der Waals surface area contributed by atoms with Crippen molar-refractivity contribution in [3.05, 3.63) is 64.8 Å². The van der Waals surface area contributed by atoms with Gasteiger partial charge in [0.15, 0.2) is 11.5 Å². The second-order valence-corrected chi connectivity index (χ2v) is 6.69. The number of rotatable bonds is 10. The Kier molecular flexibility index (Phi) is 7.23. The molecule has 2 aromatic carbocycles. The van der Waals surface area contributed by atoms with Gasteiger partial charge in [-0.15, -0.1) is 0 Å². The number of aryl methyl sites for hydroxylation is 1. The van der Waals surface area contributed by atoms with Crippen molar-refractivity contribution in [3.63, 3.8) is 0 Å². The fraction of sp³-hybridized carbons (Fsp3) is 0.286. The minimum Gasteiger partial charge on any atom is -0.493 e. The lowest BCUT2D eigenvalue weighted by Crippen LogP contribution is -2.32. The van der Waals surface area contributed by atoms with Gasteiger partial charge in [0.2, 0.25) is 11.5 Å². The zero-order valence-electron chi connectivity index (χ0n) is 17.0. The Bertz CT molecular complexity index is 972. The summed E-state index contributed by atoms with van der Waals surface area (Å²) in [5, 5.41) is 12.8. The van der Waals surface area contributed by atoms with Crippen LogP contribution in [0.5, 0.6) is 11.5 Å². The van der Waals surface area contributed by atoms with E-state index in [1.54, 1.807) is 7.11 Å². The number of hydrogen-bond acceptors (Lipinski definition) is 8. The van der Waals surface area contributed by atoms with Crippen LogP contribution in [0.4, 0.5) is 5.82 Å². The maximum atomic E-state index is 11.8. The second-order valence-electron chi connectivity index (χ2n) is 6.69. The molecule has 1 aromatic heterocycles. The van der Waals surface area contributed by atoms with Crippen LogP contribution in [-0.4, -0.2) is 36.4 Å². The molecule has 0 aliphatic carbocycles. The fourth-order valence-corrected chi connectivity index (χ4v) is 2.72. The molecule has 3 rings (SSSR count). The summed E-state index contributed by atoms with van der Waals surface area (Å²) in [4.78, 5) is 11.8. The summed E-state index contributed by atoms with van der Waals surface area (Å²) >= 11 is 0. The van der Waals surface area contributed by atoms with E-state index >= 15 is 0 Å². The first-order valence-corrected chi connectivity index (χ1v) is 9.49. The van der Waals surface area contributed by atoms with Gasteiger partial charge in [0.25, 0.3) is 5.91 Å². The highest BCUT2D eigenvalue weighted by Gasteiger charge is 2.14. The highest BCUT2D eigenvalue weighted by atomic mass is 16.6. The topological polar surface area (TPSA) is 125 Å². The molecule has 9 heteroatoms. The molecule has 30 heavy (non-hydrogen) atoms. The molecule has 0 saturated carbocycles. The van der Waals surface area contributed by atoms with Gasteiger partial charge in [-0.2, -0.15) is 0 Å². The number of anilines is 1. The van der Waals surface area contributed by atoms with E-state index in [1.807, 2.05) is 30.3 Å². The molecule has 0 aliphatic rings. The Morgan fingerprint density at radius 2 is 1.83 bits per heavy atom. The standard InChI is InChI=1S/C21H25N5O4/c1-14-3-5-15(6-4-14)13-29-17-8-7-16(11-18(17)28-2)12-23-9-10-24-21(27)19-20(22)26-30-25-19/h3-8,11,23H,9-10,12-13H2,1-2H3,(H2,22,26)(H,24,27). The van der Waals surface area contributed by atoms with Crippen molar-refractivity contribution in [2.45, 2.75) is 20.1 Å². The van der Waals surface area contributed by atoms with Crippen LogP contribution >= 0.6 is 0 Å². The normalized spacial score (nSPS) is 10.6. The summed E-state index contributed by atoms with van der Waals surface area (Å²) in [6, 6.07) is 14.0. The third kappa shape index (κ3) is 5.71. The van der Waals surface area contributed by atoms with Gasteiger partial charge in [0, 0.05) is 19.6 Å². The molecule has 0 spiro atoms. The number of nitrogens with two attached hydrogens (primary N) is 1. The number of methoxy groups -OCH3 is 1. The van der Waals surface area contributed by atoms with Crippen molar-refractivity contribution in [3.8, 4) is 11.5 Å². The van der Waals surface area contributed by atoms with E-state index in [0.29, 0.717) is 37.7 Å². The number of nitrogens with zero attached hydrogens (tertiary/aromatic N) is 2. The van der Waals surface area contributed by atoms with Gasteiger partial charge in [-0.05, 0) is 40.5 Å². The second kappa shape index (κ2) is 10.3. The van der Waals surface area contributed by atoms with E-state index < -0.39 is 5.91 Å². The minimum atomic E-state index is -0.424. The number of ether oxygens (including phenoxy) is 2. The highest BCUT2D eigenvalue weighted by molar-refractivity contribution is 5.95. The van der Waals surface area contributed by atoms with Crippen LogP contribution in [0.1, 0.15) is 27.2 Å². The summed E-state index contributed by atoms with van der Waals surface area (Å²) in [7, 11) is 1.62. The Morgan fingerprint density at radius 3 is 2.53 bits per heavy atom. The predicted molar refractivity (Wildman–Crippen MR) is 111 cm³/mol. The lowest BCUT2D eigenvalue weighted by molar-refractivity contribution is 0.0944. The van der Waals surface area contributed by atoms with Gasteiger partial charge in [0.05, 0.1) is 7.11 Å². The maximum absolute atomic E-state index is 11.8. The summed E-state index contributed by atoms with van der Waals surface area (Å²) in [6.07, 6.45) is 0. The molecule has 158 valence electrons. The molecular formula is C21H25N5O4. The Balaban J connectivity index is 1.44. The zero-order chi connectivity index (χ0) is 21.3. The number of nitrogen functional groups attached to an aromatic ring is 1. The molecule has 0 atom stereocenters. The van der Waals surface area contributed by atoms with Crippen molar-refractivity contribution in [1.82, 2.24) is 20.9 Å². The summed E-state index contributed by atoms with van der Waals surface area (Å²) < 4.78 is 15.8. The van der Waals surface area contributed by atoms with Crippen molar-refractivity contribution < 1.29 is 18.9 Å². The van der Waals surface area contributed by atoms with E-state index in [2.05, 4.69) is 44.6 Å². The first-order chi connectivity index (χ1) is 14.6. The molecule has 0 fully saturated rings. The van der Waals surface area contributed by atoms with E-state index in [-0.39, 0.29) is 11.5 Å². The van der Waals surface area contributed by atoms with Gasteiger partial charge < -0.3 is 25.8 Å². The van der Waals surface area contributed by atoms with E-state index in [4.69, 9.17) is 15.2 Å². The lowest BCUT2D eigenvalue weighted by atomic mass is 10.1. The van der Waals surface area contributed by atoms with Gasteiger partial charge >= 0.3 is 0 Å². The summed E-state index contributed by atoms with van der Waals surface area (Å²) in [6.45, 7) is 4.10. The van der Waals surface area contributed by atoms with Crippen LogP contribution in [-0.2, 0) is 13.2 Å². The molecule has 1 heterocycles. The van der Waals surface area contributed by atoms with Crippen LogP contribution in [0, 0.1) is 6.92 Å². The molecule has 9 nitrogen and oxygen atoms in total. The SMILES string of the molecule is COc1cc(CNCCNC(=O)c2nonc2N)ccc1OCc1ccc(C)cc1. The third-order valence-corrected chi connectivity index (χ3v) is 4.39. The molecular weight excluding hydrogens is 386 g/mol. The van der Waals surface area contributed by atoms with E-state index in [1.165, 1.54) is 5.56 Å². The van der Waals surface area contributed by atoms with Crippen LogP contribution in [0.3, 0.4) is 0 Å². The number of hydrogen-bond donors (Lipinski definition) is 3. The minimum absolute atomic E-state index is 0.0130. The lowest BCUT2D eigenvalue weighted by Gasteiger charge is -2.13. The molecule has 4 N–H and O–H groups in total. The van der Waals surface area contributed by atoms with Crippen LogP contribution in [0.25, 0.3) is 0 Å². The first kappa shape index (κ1) is 21.1. The summed E-state index contributed by atoms with van der Waals surface area (Å²) in [5.74, 6) is 0.904. The van der Waals surface area contributed by atoms with Crippen LogP contribution < -0.4 is 25.8 Å². The van der Waals surface area contributed by atoms with Crippen LogP contribution in [0.15, 0.2) is 47.1 Å². The quantitative estimate of drug-likeness (QED) is 0.433. The fourth-order valence-electron chi connectivity index (χ4n) is 2.72. The number of carbonyl (C=O) groups excluding carboxylic acids is 1. The molecule has 0 unspecified atom stereocenters. The Hall–Kier alpha value is -3.59. The van der Waals surface area contributed by atoms with Gasteiger partial charge in [-0.25, -0.2) is 4.63 Å². The molecule has 0 bridgehead atoms. The van der Waals surface area contributed by atoms with Gasteiger partial charge in [-0.1, -0.05) is 35.9 Å². The average Bonchev–Trinajstić information content (AvgIpc) is 3.19. The number of aromatic nitrogens is 2. The van der Waals surface area contributed by atoms with E-state index in [9.17, 15) is 4.79 Å². The van der Waals surface area contributed by atoms with Crippen molar-refractivity contribution in [2.75, 3.05) is 25.9 Å². The maximum Gasteiger partial charge on any atom is 0.277 e. The molecule has 0 radical (unpaired) electrons. The van der Waals surface area contributed by atoms with Gasteiger partial charge in [-0.3, -0.25) is 4.79 Å². The number of benzene rings is 2. The molecule has 3 aromatic rings. The van der Waals surface area contributed by atoms with Gasteiger partial charge in [0.1, 0.15) is 6.61 Å². The van der Waals surface area contributed by atoms with Crippen LogP contribution in [0.2, 0.25) is 0 Å². The largest absolute Gasteiger partial charge is 0.493 e. The molecule has 0 aliphatic heterocycles. The average molecular weight is 411 g/mol. The molecule has 0 saturated heterocycles. The zero-order valence-corrected chi connectivity index (χ0v) is 17.0. The predicted octanol–water partition coefficient (Wildman–Crippen LogP) is 2.07. The number of nitrogens with one attached hydrogen (secondary N) is 2. The smallest absolute Gasteiger partial charge is 0.277 e. The Labute approximate surface area is 174 Å². The van der Waals surface area contributed by atoms with Crippen molar-refractivity contribution in [2.24, 2.45) is 0 Å².